The first kappa shape index (κ1) is 21.0. The molecule has 25 heavy (non-hydrogen) atoms. The third-order valence-corrected chi connectivity index (χ3v) is 4.59. The van der Waals surface area contributed by atoms with Crippen LogP contribution >= 0.6 is 0 Å². The fourth-order valence-electron chi connectivity index (χ4n) is 2.76. The first-order valence-electron chi connectivity index (χ1n) is 9.32. The van der Waals surface area contributed by atoms with Crippen LogP contribution in [0.15, 0.2) is 30.3 Å². The molecule has 0 aromatic heterocycles. The number of carbonyl (C=O) groups is 2. The molecule has 1 aromatic rings. The minimum atomic E-state index is -0.153. The van der Waals surface area contributed by atoms with Crippen LogP contribution in [0, 0.1) is 5.92 Å². The molecule has 0 saturated heterocycles. The van der Waals surface area contributed by atoms with Gasteiger partial charge >= 0.3 is 6.03 Å². The third kappa shape index (κ3) is 7.59. The number of carbonyl (C=O) groups excluding carboxylic acids is 2. The molecule has 0 spiro atoms. The number of nitrogens with zero attached hydrogens (tertiary/aromatic N) is 2. The summed E-state index contributed by atoms with van der Waals surface area (Å²) in [6, 6.07) is 9.70. The van der Waals surface area contributed by atoms with Crippen molar-refractivity contribution in [3.63, 3.8) is 0 Å². The lowest BCUT2D eigenvalue weighted by molar-refractivity contribution is -0.131. The van der Waals surface area contributed by atoms with Crippen LogP contribution < -0.4 is 5.32 Å². The number of amides is 3. The lowest BCUT2D eigenvalue weighted by atomic mass is 10.0. The average molecular weight is 348 g/mol. The maximum atomic E-state index is 12.3. The Morgan fingerprint density at radius 1 is 1.08 bits per heavy atom. The Labute approximate surface area is 152 Å². The molecule has 3 amide bonds. The van der Waals surface area contributed by atoms with E-state index < -0.39 is 0 Å². The highest BCUT2D eigenvalue weighted by Crippen LogP contribution is 2.10. The van der Waals surface area contributed by atoms with Gasteiger partial charge in [0, 0.05) is 39.6 Å². The molecular formula is C20H33N3O2. The maximum absolute atomic E-state index is 12.3. The molecule has 0 aliphatic carbocycles. The van der Waals surface area contributed by atoms with E-state index in [1.54, 1.807) is 11.9 Å². The van der Waals surface area contributed by atoms with Crippen LogP contribution in [0.1, 0.15) is 45.6 Å². The first-order chi connectivity index (χ1) is 12.0. The molecule has 0 saturated carbocycles. The van der Waals surface area contributed by atoms with Crippen LogP contribution in [0.3, 0.4) is 0 Å². The molecule has 0 heterocycles. The van der Waals surface area contributed by atoms with Crippen molar-refractivity contribution in [3.8, 4) is 0 Å². The average Bonchev–Trinajstić information content (AvgIpc) is 2.63. The molecule has 1 rings (SSSR count). The van der Waals surface area contributed by atoms with Gasteiger partial charge in [-0.25, -0.2) is 4.79 Å². The number of urea groups is 1. The van der Waals surface area contributed by atoms with Crippen molar-refractivity contribution in [1.29, 1.82) is 0 Å². The predicted molar refractivity (Wildman–Crippen MR) is 102 cm³/mol. The third-order valence-electron chi connectivity index (χ3n) is 4.59. The summed E-state index contributed by atoms with van der Waals surface area (Å²) < 4.78 is 0. The van der Waals surface area contributed by atoms with E-state index in [1.807, 2.05) is 42.2 Å². The largest absolute Gasteiger partial charge is 0.343 e. The van der Waals surface area contributed by atoms with E-state index >= 15 is 0 Å². The van der Waals surface area contributed by atoms with E-state index in [1.165, 1.54) is 0 Å². The molecule has 5 nitrogen and oxygen atoms in total. The van der Waals surface area contributed by atoms with Gasteiger partial charge in [-0.3, -0.25) is 4.79 Å². The molecule has 0 bridgehead atoms. The van der Waals surface area contributed by atoms with Crippen LogP contribution in [0.5, 0.6) is 0 Å². The zero-order valence-electron chi connectivity index (χ0n) is 16.1. The molecular weight excluding hydrogens is 314 g/mol. The fourth-order valence-corrected chi connectivity index (χ4v) is 2.76. The van der Waals surface area contributed by atoms with Gasteiger partial charge in [-0.1, -0.05) is 57.0 Å². The predicted octanol–water partition coefficient (Wildman–Crippen LogP) is 3.50. The van der Waals surface area contributed by atoms with E-state index in [9.17, 15) is 9.59 Å². The molecule has 0 aliphatic rings. The van der Waals surface area contributed by atoms with Crippen LogP contribution in [-0.4, -0.2) is 48.4 Å². The summed E-state index contributed by atoms with van der Waals surface area (Å²) in [4.78, 5) is 28.0. The van der Waals surface area contributed by atoms with E-state index in [0.717, 1.165) is 31.5 Å². The van der Waals surface area contributed by atoms with E-state index in [4.69, 9.17) is 0 Å². The molecule has 5 heteroatoms. The van der Waals surface area contributed by atoms with Gasteiger partial charge in [0.15, 0.2) is 0 Å². The Balaban J connectivity index is 2.36. The molecule has 0 radical (unpaired) electrons. The smallest absolute Gasteiger partial charge is 0.317 e. The topological polar surface area (TPSA) is 52.7 Å². The van der Waals surface area contributed by atoms with Crippen molar-refractivity contribution in [2.45, 2.75) is 46.6 Å². The zero-order valence-corrected chi connectivity index (χ0v) is 16.1. The highest BCUT2D eigenvalue weighted by molar-refractivity contribution is 5.78. The summed E-state index contributed by atoms with van der Waals surface area (Å²) in [5.74, 6) is 0.663. The van der Waals surface area contributed by atoms with Crippen LogP contribution in [0.4, 0.5) is 4.79 Å². The Hall–Kier alpha value is -2.04. The monoisotopic (exact) mass is 347 g/mol. The summed E-state index contributed by atoms with van der Waals surface area (Å²) in [5, 5.41) is 2.83. The van der Waals surface area contributed by atoms with Crippen LogP contribution in [0.25, 0.3) is 0 Å². The Morgan fingerprint density at radius 2 is 1.72 bits per heavy atom. The summed E-state index contributed by atoms with van der Waals surface area (Å²) in [7, 11) is 1.76. The van der Waals surface area contributed by atoms with Gasteiger partial charge in [-0.05, 0) is 18.4 Å². The summed E-state index contributed by atoms with van der Waals surface area (Å²) in [6.07, 6.45) is 2.52. The molecule has 0 aliphatic heterocycles. The molecule has 0 unspecified atom stereocenters. The molecule has 0 atom stereocenters. The number of benzene rings is 1. The van der Waals surface area contributed by atoms with Gasteiger partial charge in [0.2, 0.25) is 5.91 Å². The fraction of sp³-hybridized carbons (Fsp3) is 0.600. The second-order valence-corrected chi connectivity index (χ2v) is 6.44. The summed E-state index contributed by atoms with van der Waals surface area (Å²) >= 11 is 0. The van der Waals surface area contributed by atoms with E-state index in [0.29, 0.717) is 25.4 Å². The van der Waals surface area contributed by atoms with Crippen molar-refractivity contribution < 1.29 is 9.59 Å². The second kappa shape index (κ2) is 11.5. The van der Waals surface area contributed by atoms with Crippen molar-refractivity contribution in [3.05, 3.63) is 35.9 Å². The standard InChI is InChI=1S/C20H33N3O2/c1-5-17(6-2)16-23(7-3)19(24)13-14-21-20(25)22(4)15-18-11-9-8-10-12-18/h8-12,17H,5-7,13-16H2,1-4H3,(H,21,25). The highest BCUT2D eigenvalue weighted by atomic mass is 16.2. The molecule has 1 aromatic carbocycles. The highest BCUT2D eigenvalue weighted by Gasteiger charge is 2.16. The Bertz CT molecular complexity index is 515. The molecule has 1 N–H and O–H groups in total. The van der Waals surface area contributed by atoms with Crippen molar-refractivity contribution in [2.24, 2.45) is 5.92 Å². The molecule has 140 valence electrons. The first-order valence-corrected chi connectivity index (χ1v) is 9.32. The van der Waals surface area contributed by atoms with Gasteiger partial charge in [-0.2, -0.15) is 0 Å². The van der Waals surface area contributed by atoms with Crippen LogP contribution in [0.2, 0.25) is 0 Å². The lowest BCUT2D eigenvalue weighted by Gasteiger charge is -2.26. The normalized spacial score (nSPS) is 10.6. The quantitative estimate of drug-likeness (QED) is 0.704. The number of hydrogen-bond acceptors (Lipinski definition) is 2. The van der Waals surface area contributed by atoms with Gasteiger partial charge in [0.1, 0.15) is 0 Å². The minimum absolute atomic E-state index is 0.111. The minimum Gasteiger partial charge on any atom is -0.343 e. The molecule has 0 fully saturated rings. The SMILES string of the molecule is CCC(CC)CN(CC)C(=O)CCNC(=O)N(C)Cc1ccccc1. The maximum Gasteiger partial charge on any atom is 0.317 e. The lowest BCUT2D eigenvalue weighted by Crippen LogP contribution is -2.40. The van der Waals surface area contributed by atoms with Gasteiger partial charge in [0.25, 0.3) is 0 Å². The number of nitrogens with one attached hydrogen (secondary N) is 1. The van der Waals surface area contributed by atoms with Gasteiger partial charge in [-0.15, -0.1) is 0 Å². The van der Waals surface area contributed by atoms with Crippen molar-refractivity contribution >= 4 is 11.9 Å². The van der Waals surface area contributed by atoms with E-state index in [2.05, 4.69) is 19.2 Å². The summed E-state index contributed by atoms with van der Waals surface area (Å²) in [5.41, 5.74) is 1.08. The second-order valence-electron chi connectivity index (χ2n) is 6.44. The van der Waals surface area contributed by atoms with Crippen molar-refractivity contribution in [1.82, 2.24) is 15.1 Å². The van der Waals surface area contributed by atoms with Gasteiger partial charge < -0.3 is 15.1 Å². The Kier molecular flexibility index (Phi) is 9.66. The number of rotatable bonds is 10. The summed E-state index contributed by atoms with van der Waals surface area (Å²) in [6.45, 7) is 8.78. The number of hydrogen-bond donors (Lipinski definition) is 1. The van der Waals surface area contributed by atoms with Crippen molar-refractivity contribution in [2.75, 3.05) is 26.7 Å². The van der Waals surface area contributed by atoms with E-state index in [-0.39, 0.29) is 11.9 Å². The van der Waals surface area contributed by atoms with Crippen LogP contribution in [-0.2, 0) is 11.3 Å². The van der Waals surface area contributed by atoms with Gasteiger partial charge in [0.05, 0.1) is 0 Å². The Morgan fingerprint density at radius 3 is 2.28 bits per heavy atom. The zero-order chi connectivity index (χ0) is 18.7.